The van der Waals surface area contributed by atoms with Gasteiger partial charge in [-0.25, -0.2) is 0 Å². The molecule has 90 valence electrons. The molecule has 0 saturated heterocycles. The smallest absolute Gasteiger partial charge is 0.276 e. The SMILES string of the molecule is CC1N=C(C(=O)NC2CCCCC2)SC1C. The number of nitrogens with one attached hydrogen (secondary N) is 1. The molecule has 4 heteroatoms. The van der Waals surface area contributed by atoms with Crippen molar-refractivity contribution >= 4 is 22.7 Å². The van der Waals surface area contributed by atoms with Gasteiger partial charge in [-0.05, 0) is 19.8 Å². The summed E-state index contributed by atoms with van der Waals surface area (Å²) < 4.78 is 0. The van der Waals surface area contributed by atoms with Crippen molar-refractivity contribution in [3.8, 4) is 0 Å². The van der Waals surface area contributed by atoms with E-state index in [1.165, 1.54) is 19.3 Å². The summed E-state index contributed by atoms with van der Waals surface area (Å²) in [7, 11) is 0. The second-order valence-corrected chi connectivity index (χ2v) is 6.17. The van der Waals surface area contributed by atoms with E-state index in [0.717, 1.165) is 12.8 Å². The van der Waals surface area contributed by atoms with Crippen molar-refractivity contribution in [3.63, 3.8) is 0 Å². The Morgan fingerprint density at radius 3 is 2.56 bits per heavy atom. The first-order valence-electron chi connectivity index (χ1n) is 6.22. The van der Waals surface area contributed by atoms with E-state index in [0.29, 0.717) is 16.3 Å². The zero-order valence-corrected chi connectivity index (χ0v) is 10.8. The van der Waals surface area contributed by atoms with Crippen LogP contribution in [0.5, 0.6) is 0 Å². The van der Waals surface area contributed by atoms with Crippen molar-refractivity contribution in [2.45, 2.75) is 63.3 Å². The minimum atomic E-state index is 0.0492. The molecule has 1 fully saturated rings. The maximum Gasteiger partial charge on any atom is 0.276 e. The minimum Gasteiger partial charge on any atom is -0.348 e. The second-order valence-electron chi connectivity index (χ2n) is 4.81. The molecular weight excluding hydrogens is 220 g/mol. The molecule has 2 rings (SSSR count). The molecule has 2 aliphatic rings. The Bertz CT molecular complexity index is 297. The number of carbonyl (C=O) groups is 1. The first kappa shape index (κ1) is 12.0. The van der Waals surface area contributed by atoms with Crippen LogP contribution in [0.3, 0.4) is 0 Å². The van der Waals surface area contributed by atoms with Gasteiger partial charge in [-0.3, -0.25) is 9.79 Å². The van der Waals surface area contributed by atoms with Gasteiger partial charge in [-0.1, -0.05) is 37.9 Å². The summed E-state index contributed by atoms with van der Waals surface area (Å²) in [6.45, 7) is 4.19. The van der Waals surface area contributed by atoms with E-state index in [9.17, 15) is 4.79 Å². The van der Waals surface area contributed by atoms with Crippen molar-refractivity contribution < 1.29 is 4.79 Å². The largest absolute Gasteiger partial charge is 0.348 e. The van der Waals surface area contributed by atoms with Gasteiger partial charge in [0.25, 0.3) is 5.91 Å². The summed E-state index contributed by atoms with van der Waals surface area (Å²) in [5.74, 6) is 0.0492. The van der Waals surface area contributed by atoms with Crippen LogP contribution in [0, 0.1) is 0 Å². The maximum atomic E-state index is 11.9. The highest BCUT2D eigenvalue weighted by Gasteiger charge is 2.28. The highest BCUT2D eigenvalue weighted by atomic mass is 32.2. The normalized spacial score (nSPS) is 31.2. The molecule has 1 saturated carbocycles. The molecule has 1 aliphatic heterocycles. The molecule has 0 bridgehead atoms. The molecular formula is C12H20N2OS. The number of nitrogens with zero attached hydrogens (tertiary/aromatic N) is 1. The lowest BCUT2D eigenvalue weighted by atomic mass is 9.95. The zero-order chi connectivity index (χ0) is 11.5. The lowest BCUT2D eigenvalue weighted by Gasteiger charge is -2.22. The molecule has 0 spiro atoms. The summed E-state index contributed by atoms with van der Waals surface area (Å²) in [6.07, 6.45) is 6.08. The van der Waals surface area contributed by atoms with Gasteiger partial charge < -0.3 is 5.32 Å². The third kappa shape index (κ3) is 2.78. The third-order valence-electron chi connectivity index (χ3n) is 3.43. The molecule has 3 nitrogen and oxygen atoms in total. The van der Waals surface area contributed by atoms with E-state index >= 15 is 0 Å². The van der Waals surface area contributed by atoms with Gasteiger partial charge in [0, 0.05) is 11.3 Å². The Labute approximate surface area is 101 Å². The third-order valence-corrected chi connectivity index (χ3v) is 4.71. The van der Waals surface area contributed by atoms with Crippen LogP contribution < -0.4 is 5.32 Å². The molecule has 2 atom stereocenters. The maximum absolute atomic E-state index is 11.9. The Hall–Kier alpha value is -0.510. The number of hydrogen-bond acceptors (Lipinski definition) is 3. The van der Waals surface area contributed by atoms with Crippen molar-refractivity contribution in [2.24, 2.45) is 4.99 Å². The number of aliphatic imine (C=N–C) groups is 1. The van der Waals surface area contributed by atoms with Crippen LogP contribution in [0.2, 0.25) is 0 Å². The summed E-state index contributed by atoms with van der Waals surface area (Å²) in [5, 5.41) is 4.23. The van der Waals surface area contributed by atoms with Crippen LogP contribution in [0.15, 0.2) is 4.99 Å². The highest BCUT2D eigenvalue weighted by Crippen LogP contribution is 2.26. The van der Waals surface area contributed by atoms with Crippen molar-refractivity contribution in [3.05, 3.63) is 0 Å². The first-order valence-corrected chi connectivity index (χ1v) is 7.10. The van der Waals surface area contributed by atoms with E-state index in [1.54, 1.807) is 11.8 Å². The van der Waals surface area contributed by atoms with Gasteiger partial charge >= 0.3 is 0 Å². The monoisotopic (exact) mass is 240 g/mol. The van der Waals surface area contributed by atoms with Crippen molar-refractivity contribution in [2.75, 3.05) is 0 Å². The molecule has 1 amide bonds. The van der Waals surface area contributed by atoms with Gasteiger partial charge in [0.05, 0.1) is 6.04 Å². The van der Waals surface area contributed by atoms with Gasteiger partial charge in [0.2, 0.25) is 0 Å². The first-order chi connectivity index (χ1) is 7.66. The fourth-order valence-electron chi connectivity index (χ4n) is 2.20. The van der Waals surface area contributed by atoms with E-state index in [1.807, 2.05) is 0 Å². The number of amides is 1. The van der Waals surface area contributed by atoms with Crippen LogP contribution >= 0.6 is 11.8 Å². The molecule has 1 N–H and O–H groups in total. The van der Waals surface area contributed by atoms with Crippen LogP contribution in [0.1, 0.15) is 46.0 Å². The van der Waals surface area contributed by atoms with Crippen molar-refractivity contribution in [1.29, 1.82) is 0 Å². The average Bonchev–Trinajstić information content (AvgIpc) is 2.61. The number of hydrogen-bond donors (Lipinski definition) is 1. The number of rotatable bonds is 2. The summed E-state index contributed by atoms with van der Waals surface area (Å²) in [6, 6.07) is 0.660. The second kappa shape index (κ2) is 5.21. The molecule has 0 radical (unpaired) electrons. The molecule has 16 heavy (non-hydrogen) atoms. The fourth-order valence-corrected chi connectivity index (χ4v) is 3.20. The number of carbonyl (C=O) groups excluding carboxylic acids is 1. The van der Waals surface area contributed by atoms with Crippen molar-refractivity contribution in [1.82, 2.24) is 5.32 Å². The molecule has 1 aliphatic carbocycles. The highest BCUT2D eigenvalue weighted by molar-refractivity contribution is 8.16. The summed E-state index contributed by atoms with van der Waals surface area (Å²) in [5.41, 5.74) is 0. The Morgan fingerprint density at radius 2 is 2.00 bits per heavy atom. The Kier molecular flexibility index (Phi) is 3.90. The quantitative estimate of drug-likeness (QED) is 0.805. The fraction of sp³-hybridized carbons (Fsp3) is 0.833. The Morgan fingerprint density at radius 1 is 1.31 bits per heavy atom. The predicted octanol–water partition coefficient (Wildman–Crippen LogP) is 2.36. The van der Waals surface area contributed by atoms with Crippen LogP contribution in [-0.2, 0) is 4.79 Å². The number of thioether (sulfide) groups is 1. The van der Waals surface area contributed by atoms with Gasteiger partial charge in [-0.2, -0.15) is 0 Å². The molecule has 0 aromatic rings. The average molecular weight is 240 g/mol. The molecule has 1 heterocycles. The lowest BCUT2D eigenvalue weighted by Crippen LogP contribution is -2.39. The van der Waals surface area contributed by atoms with Gasteiger partial charge in [0.15, 0.2) is 5.04 Å². The Balaban J connectivity index is 1.86. The van der Waals surface area contributed by atoms with E-state index in [4.69, 9.17) is 0 Å². The van der Waals surface area contributed by atoms with Gasteiger partial charge in [0.1, 0.15) is 0 Å². The van der Waals surface area contributed by atoms with E-state index in [2.05, 4.69) is 24.2 Å². The van der Waals surface area contributed by atoms with E-state index < -0.39 is 0 Å². The minimum absolute atomic E-state index is 0.0492. The molecule has 2 unspecified atom stereocenters. The van der Waals surface area contributed by atoms with Crippen LogP contribution in [0.4, 0.5) is 0 Å². The summed E-state index contributed by atoms with van der Waals surface area (Å²) >= 11 is 1.61. The predicted molar refractivity (Wildman–Crippen MR) is 69.0 cm³/mol. The molecule has 0 aromatic carbocycles. The molecule has 0 aromatic heterocycles. The zero-order valence-electron chi connectivity index (χ0n) is 10.0. The summed E-state index contributed by atoms with van der Waals surface area (Å²) in [4.78, 5) is 16.3. The topological polar surface area (TPSA) is 41.5 Å². The standard InChI is InChI=1S/C12H20N2OS/c1-8-9(2)16-12(13-8)11(15)14-10-6-4-3-5-7-10/h8-10H,3-7H2,1-2H3,(H,14,15). The van der Waals surface area contributed by atoms with Crippen LogP contribution in [0.25, 0.3) is 0 Å². The van der Waals surface area contributed by atoms with Crippen LogP contribution in [-0.4, -0.2) is 28.3 Å². The lowest BCUT2D eigenvalue weighted by molar-refractivity contribution is -0.115. The van der Waals surface area contributed by atoms with E-state index in [-0.39, 0.29) is 11.9 Å². The van der Waals surface area contributed by atoms with Gasteiger partial charge in [-0.15, -0.1) is 0 Å².